The Hall–Kier alpha value is -0.800. The number of hydrogen-bond donors (Lipinski definition) is 0. The van der Waals surface area contributed by atoms with Crippen LogP contribution in [0.4, 0.5) is 5.69 Å². The van der Waals surface area contributed by atoms with Crippen LogP contribution in [0.3, 0.4) is 0 Å². The van der Waals surface area contributed by atoms with E-state index in [0.717, 1.165) is 18.8 Å². The Labute approximate surface area is 115 Å². The summed E-state index contributed by atoms with van der Waals surface area (Å²) in [6.45, 7) is 5.73. The second-order valence-electron chi connectivity index (χ2n) is 4.94. The number of aromatic nitrogens is 1. The highest BCUT2D eigenvalue weighted by atomic mass is 35.5. The first-order valence-electron chi connectivity index (χ1n) is 6.70. The molecule has 2 rings (SSSR count). The first kappa shape index (κ1) is 13.6. The first-order valence-corrected chi connectivity index (χ1v) is 7.24. The van der Waals surface area contributed by atoms with Crippen molar-refractivity contribution in [3.63, 3.8) is 0 Å². The largest absolute Gasteiger partial charge is 0.373 e. The van der Waals surface area contributed by atoms with Crippen molar-refractivity contribution in [2.45, 2.75) is 31.7 Å². The van der Waals surface area contributed by atoms with Crippen molar-refractivity contribution in [3.8, 4) is 0 Å². The van der Waals surface area contributed by atoms with Crippen molar-refractivity contribution in [1.82, 2.24) is 9.88 Å². The molecule has 0 N–H and O–H groups in total. The minimum absolute atomic E-state index is 0.478. The summed E-state index contributed by atoms with van der Waals surface area (Å²) in [6.07, 6.45) is 4.48. The van der Waals surface area contributed by atoms with Gasteiger partial charge in [-0.25, -0.2) is 0 Å². The van der Waals surface area contributed by atoms with Gasteiger partial charge < -0.3 is 4.90 Å². The number of likely N-dealkylation sites (tertiary alicyclic amines) is 1. The SMILES string of the molecule is CCN1CCCC1CN(C)c1ccnc(CCl)c1. The lowest BCUT2D eigenvalue weighted by Crippen LogP contribution is -2.38. The molecule has 100 valence electrons. The van der Waals surface area contributed by atoms with Gasteiger partial charge in [0.05, 0.1) is 11.6 Å². The molecule has 1 unspecified atom stereocenters. The zero-order valence-electron chi connectivity index (χ0n) is 11.3. The number of alkyl halides is 1. The van der Waals surface area contributed by atoms with E-state index in [1.807, 2.05) is 6.20 Å². The Morgan fingerprint density at radius 3 is 3.11 bits per heavy atom. The normalized spacial score (nSPS) is 20.3. The van der Waals surface area contributed by atoms with Crippen molar-refractivity contribution in [2.24, 2.45) is 0 Å². The molecule has 0 radical (unpaired) electrons. The maximum absolute atomic E-state index is 5.83. The molecule has 1 aromatic rings. The number of likely N-dealkylation sites (N-methyl/N-ethyl adjacent to an activating group) is 2. The van der Waals surface area contributed by atoms with E-state index in [-0.39, 0.29) is 0 Å². The monoisotopic (exact) mass is 267 g/mol. The summed E-state index contributed by atoms with van der Waals surface area (Å²) in [5, 5.41) is 0. The van der Waals surface area contributed by atoms with Crippen molar-refractivity contribution in [2.75, 3.05) is 31.6 Å². The topological polar surface area (TPSA) is 19.4 Å². The molecular formula is C14H22ClN3. The molecular weight excluding hydrogens is 246 g/mol. The molecule has 0 aromatic carbocycles. The van der Waals surface area contributed by atoms with Crippen molar-refractivity contribution in [3.05, 3.63) is 24.0 Å². The predicted molar refractivity (Wildman–Crippen MR) is 77.3 cm³/mol. The van der Waals surface area contributed by atoms with Gasteiger partial charge in [0.15, 0.2) is 0 Å². The fraction of sp³-hybridized carbons (Fsp3) is 0.643. The molecule has 0 bridgehead atoms. The molecule has 2 heterocycles. The van der Waals surface area contributed by atoms with Gasteiger partial charge in [0.2, 0.25) is 0 Å². The van der Waals surface area contributed by atoms with Crippen molar-refractivity contribution >= 4 is 17.3 Å². The summed E-state index contributed by atoms with van der Waals surface area (Å²) in [7, 11) is 2.15. The van der Waals surface area contributed by atoms with Crippen LogP contribution in [0.2, 0.25) is 0 Å². The van der Waals surface area contributed by atoms with E-state index in [4.69, 9.17) is 11.6 Å². The number of hydrogen-bond acceptors (Lipinski definition) is 3. The average molecular weight is 268 g/mol. The Morgan fingerprint density at radius 2 is 2.39 bits per heavy atom. The van der Waals surface area contributed by atoms with E-state index in [0.29, 0.717) is 11.9 Å². The maximum Gasteiger partial charge on any atom is 0.0648 e. The summed E-state index contributed by atoms with van der Waals surface area (Å²) in [4.78, 5) is 9.12. The lowest BCUT2D eigenvalue weighted by molar-refractivity contribution is 0.270. The Bertz CT molecular complexity index is 383. The van der Waals surface area contributed by atoms with Gasteiger partial charge in [0, 0.05) is 31.5 Å². The second-order valence-corrected chi connectivity index (χ2v) is 5.21. The van der Waals surface area contributed by atoms with E-state index in [1.54, 1.807) is 0 Å². The molecule has 1 aliphatic heterocycles. The fourth-order valence-corrected chi connectivity index (χ4v) is 2.86. The fourth-order valence-electron chi connectivity index (χ4n) is 2.72. The number of pyridine rings is 1. The molecule has 1 saturated heterocycles. The molecule has 1 aromatic heterocycles. The summed E-state index contributed by atoms with van der Waals surface area (Å²) >= 11 is 5.83. The van der Waals surface area contributed by atoms with Gasteiger partial charge in [-0.2, -0.15) is 0 Å². The molecule has 3 nitrogen and oxygen atoms in total. The molecule has 18 heavy (non-hydrogen) atoms. The van der Waals surface area contributed by atoms with E-state index in [9.17, 15) is 0 Å². The number of anilines is 1. The Balaban J connectivity index is 2.00. The number of halogens is 1. The van der Waals surface area contributed by atoms with Gasteiger partial charge >= 0.3 is 0 Å². The van der Waals surface area contributed by atoms with E-state index in [2.05, 4.69) is 40.9 Å². The summed E-state index contributed by atoms with van der Waals surface area (Å²) in [5.74, 6) is 0.478. The third-order valence-corrected chi connectivity index (χ3v) is 4.04. The van der Waals surface area contributed by atoms with E-state index >= 15 is 0 Å². The van der Waals surface area contributed by atoms with Crippen LogP contribution in [0.5, 0.6) is 0 Å². The molecule has 0 aliphatic carbocycles. The smallest absolute Gasteiger partial charge is 0.0648 e. The van der Waals surface area contributed by atoms with Crippen LogP contribution in [0, 0.1) is 0 Å². The van der Waals surface area contributed by atoms with Gasteiger partial charge in [-0.05, 0) is 38.1 Å². The molecule has 0 saturated carbocycles. The van der Waals surface area contributed by atoms with Gasteiger partial charge in [-0.1, -0.05) is 6.92 Å². The van der Waals surface area contributed by atoms with Crippen LogP contribution in [0.15, 0.2) is 18.3 Å². The van der Waals surface area contributed by atoms with Crippen molar-refractivity contribution in [1.29, 1.82) is 0 Å². The summed E-state index contributed by atoms with van der Waals surface area (Å²) in [5.41, 5.74) is 2.16. The van der Waals surface area contributed by atoms with E-state index in [1.165, 1.54) is 25.1 Å². The Kier molecular flexibility index (Phi) is 4.84. The quantitative estimate of drug-likeness (QED) is 0.765. The summed E-state index contributed by atoms with van der Waals surface area (Å²) < 4.78 is 0. The third kappa shape index (κ3) is 3.15. The van der Waals surface area contributed by atoms with Crippen LogP contribution in [0.1, 0.15) is 25.5 Å². The van der Waals surface area contributed by atoms with Crippen molar-refractivity contribution < 1.29 is 0 Å². The van der Waals surface area contributed by atoms with E-state index < -0.39 is 0 Å². The minimum atomic E-state index is 0.478. The Morgan fingerprint density at radius 1 is 1.56 bits per heavy atom. The van der Waals surface area contributed by atoms with Crippen LogP contribution in [-0.4, -0.2) is 42.6 Å². The molecule has 1 atom stereocenters. The van der Waals surface area contributed by atoms with Gasteiger partial charge in [-0.15, -0.1) is 11.6 Å². The average Bonchev–Trinajstić information content (AvgIpc) is 2.86. The number of rotatable bonds is 5. The zero-order valence-corrected chi connectivity index (χ0v) is 12.0. The lowest BCUT2D eigenvalue weighted by atomic mass is 10.2. The van der Waals surface area contributed by atoms with Gasteiger partial charge in [0.1, 0.15) is 0 Å². The summed E-state index contributed by atoms with van der Waals surface area (Å²) in [6, 6.07) is 4.83. The molecule has 0 amide bonds. The zero-order chi connectivity index (χ0) is 13.0. The van der Waals surface area contributed by atoms with Crippen LogP contribution in [0.25, 0.3) is 0 Å². The molecule has 1 fully saturated rings. The lowest BCUT2D eigenvalue weighted by Gasteiger charge is -2.29. The van der Waals surface area contributed by atoms with Crippen LogP contribution < -0.4 is 4.90 Å². The van der Waals surface area contributed by atoms with Crippen LogP contribution in [-0.2, 0) is 5.88 Å². The molecule has 1 aliphatic rings. The maximum atomic E-state index is 5.83. The highest BCUT2D eigenvalue weighted by Gasteiger charge is 2.24. The molecule has 0 spiro atoms. The highest BCUT2D eigenvalue weighted by Crippen LogP contribution is 2.20. The van der Waals surface area contributed by atoms with Crippen LogP contribution >= 0.6 is 11.6 Å². The molecule has 4 heteroatoms. The predicted octanol–water partition coefficient (Wildman–Crippen LogP) is 2.74. The van der Waals surface area contributed by atoms with Gasteiger partial charge in [-0.3, -0.25) is 9.88 Å². The first-order chi connectivity index (χ1) is 8.74. The standard InChI is InChI=1S/C14H22ClN3/c1-3-18-8-4-5-14(18)11-17(2)13-6-7-16-12(9-13)10-15/h6-7,9,14H,3-5,8,10-11H2,1-2H3. The second kappa shape index (κ2) is 6.39. The third-order valence-electron chi connectivity index (χ3n) is 3.77. The number of nitrogens with zero attached hydrogens (tertiary/aromatic N) is 3. The minimum Gasteiger partial charge on any atom is -0.373 e. The van der Waals surface area contributed by atoms with Gasteiger partial charge in [0.25, 0.3) is 0 Å². The highest BCUT2D eigenvalue weighted by molar-refractivity contribution is 6.16.